The molecule has 0 fully saturated rings. The van der Waals surface area contributed by atoms with E-state index in [-0.39, 0.29) is 5.91 Å². The van der Waals surface area contributed by atoms with Crippen LogP contribution in [0.5, 0.6) is 0 Å². The fourth-order valence-electron chi connectivity index (χ4n) is 2.86. The lowest BCUT2D eigenvalue weighted by atomic mass is 10.0. The Balaban J connectivity index is 1.74. The first-order valence-corrected chi connectivity index (χ1v) is 8.25. The molecule has 0 unspecified atom stereocenters. The zero-order valence-corrected chi connectivity index (χ0v) is 13.9. The standard InChI is InChI=1S/C18H22N4O2/c1-24-13-5-10-19-18-20-11-9-15(21-18)17(23)22-12-4-7-14-6-2-3-8-16(14)22/h2-3,6,8-9,11H,4-5,7,10,12-13H2,1H3,(H,19,20,21). The highest BCUT2D eigenvalue weighted by Crippen LogP contribution is 2.27. The molecule has 0 bridgehead atoms. The van der Waals surface area contributed by atoms with Crippen molar-refractivity contribution in [1.29, 1.82) is 0 Å². The quantitative estimate of drug-likeness (QED) is 0.826. The van der Waals surface area contributed by atoms with Crippen LogP contribution in [-0.2, 0) is 11.2 Å². The molecule has 1 amide bonds. The van der Waals surface area contributed by atoms with Crippen LogP contribution >= 0.6 is 0 Å². The summed E-state index contributed by atoms with van der Waals surface area (Å²) < 4.78 is 5.01. The monoisotopic (exact) mass is 326 g/mol. The summed E-state index contributed by atoms with van der Waals surface area (Å²) in [6.45, 7) is 2.10. The number of fused-ring (bicyclic) bond motifs is 1. The number of aryl methyl sites for hydroxylation is 1. The van der Waals surface area contributed by atoms with Gasteiger partial charge >= 0.3 is 0 Å². The van der Waals surface area contributed by atoms with E-state index >= 15 is 0 Å². The lowest BCUT2D eigenvalue weighted by molar-refractivity contribution is 0.0980. The van der Waals surface area contributed by atoms with Crippen LogP contribution in [0.25, 0.3) is 0 Å². The number of nitrogens with one attached hydrogen (secondary N) is 1. The first-order valence-electron chi connectivity index (χ1n) is 8.25. The largest absolute Gasteiger partial charge is 0.385 e. The maximum absolute atomic E-state index is 12.9. The van der Waals surface area contributed by atoms with Gasteiger partial charge in [-0.05, 0) is 37.0 Å². The number of nitrogens with zero attached hydrogens (tertiary/aromatic N) is 3. The highest BCUT2D eigenvalue weighted by atomic mass is 16.5. The van der Waals surface area contributed by atoms with Crippen LogP contribution in [0.1, 0.15) is 28.9 Å². The molecule has 0 aliphatic carbocycles. The summed E-state index contributed by atoms with van der Waals surface area (Å²) in [7, 11) is 1.67. The molecule has 6 nitrogen and oxygen atoms in total. The molecule has 1 aromatic carbocycles. The SMILES string of the molecule is COCCCNc1nccc(C(=O)N2CCCc3ccccc32)n1. The molecule has 0 saturated carbocycles. The zero-order chi connectivity index (χ0) is 16.8. The van der Waals surface area contributed by atoms with E-state index in [0.29, 0.717) is 24.8 Å². The van der Waals surface area contributed by atoms with E-state index in [1.54, 1.807) is 19.4 Å². The number of carbonyl (C=O) groups excluding carboxylic acids is 1. The van der Waals surface area contributed by atoms with E-state index in [2.05, 4.69) is 21.4 Å². The number of benzene rings is 1. The summed E-state index contributed by atoms with van der Waals surface area (Å²) in [5.41, 5.74) is 2.61. The van der Waals surface area contributed by atoms with Crippen molar-refractivity contribution >= 4 is 17.5 Å². The third-order valence-corrected chi connectivity index (χ3v) is 4.04. The van der Waals surface area contributed by atoms with Crippen LogP contribution in [0.2, 0.25) is 0 Å². The number of methoxy groups -OCH3 is 1. The second-order valence-electron chi connectivity index (χ2n) is 5.73. The topological polar surface area (TPSA) is 67.3 Å². The molecule has 0 saturated heterocycles. The van der Waals surface area contributed by atoms with Crippen LogP contribution in [0.3, 0.4) is 0 Å². The van der Waals surface area contributed by atoms with E-state index in [0.717, 1.165) is 31.5 Å². The van der Waals surface area contributed by atoms with Gasteiger partial charge in [0.1, 0.15) is 5.69 Å². The van der Waals surface area contributed by atoms with Gasteiger partial charge < -0.3 is 15.0 Å². The Morgan fingerprint density at radius 1 is 1.33 bits per heavy atom. The summed E-state index contributed by atoms with van der Waals surface area (Å²) >= 11 is 0. The van der Waals surface area contributed by atoms with Crippen LogP contribution in [-0.4, -0.2) is 42.7 Å². The number of para-hydroxylation sites is 1. The minimum Gasteiger partial charge on any atom is -0.385 e. The van der Waals surface area contributed by atoms with Gasteiger partial charge in [-0.25, -0.2) is 9.97 Å². The second kappa shape index (κ2) is 7.88. The van der Waals surface area contributed by atoms with Gasteiger partial charge in [0.2, 0.25) is 5.95 Å². The number of hydrogen-bond donors (Lipinski definition) is 1. The van der Waals surface area contributed by atoms with Crippen LogP contribution in [0, 0.1) is 0 Å². The Hall–Kier alpha value is -2.47. The van der Waals surface area contributed by atoms with Crippen molar-refractivity contribution in [3.05, 3.63) is 47.8 Å². The number of aromatic nitrogens is 2. The molecule has 0 radical (unpaired) electrons. The summed E-state index contributed by atoms with van der Waals surface area (Å²) in [5.74, 6) is 0.395. The van der Waals surface area contributed by atoms with Crippen molar-refractivity contribution < 1.29 is 9.53 Å². The predicted octanol–water partition coefficient (Wildman–Crippen LogP) is 2.52. The Morgan fingerprint density at radius 2 is 2.21 bits per heavy atom. The van der Waals surface area contributed by atoms with Crippen molar-refractivity contribution in [1.82, 2.24) is 9.97 Å². The highest BCUT2D eigenvalue weighted by molar-refractivity contribution is 6.05. The maximum Gasteiger partial charge on any atom is 0.277 e. The summed E-state index contributed by atoms with van der Waals surface area (Å²) in [4.78, 5) is 23.2. The molecule has 1 N–H and O–H groups in total. The number of hydrogen-bond acceptors (Lipinski definition) is 5. The van der Waals surface area contributed by atoms with E-state index in [1.165, 1.54) is 5.56 Å². The average Bonchev–Trinajstić information content (AvgIpc) is 2.64. The minimum absolute atomic E-state index is 0.0792. The van der Waals surface area contributed by atoms with Crippen LogP contribution in [0.4, 0.5) is 11.6 Å². The minimum atomic E-state index is -0.0792. The first-order chi connectivity index (χ1) is 11.8. The summed E-state index contributed by atoms with van der Waals surface area (Å²) in [6.07, 6.45) is 4.46. The number of ether oxygens (including phenoxy) is 1. The molecular formula is C18H22N4O2. The van der Waals surface area contributed by atoms with Crippen LogP contribution in [0.15, 0.2) is 36.5 Å². The number of amides is 1. The molecular weight excluding hydrogens is 304 g/mol. The number of anilines is 2. The molecule has 6 heteroatoms. The average molecular weight is 326 g/mol. The number of rotatable bonds is 6. The third kappa shape index (κ3) is 3.71. The van der Waals surface area contributed by atoms with Crippen molar-refractivity contribution in [3.63, 3.8) is 0 Å². The molecule has 2 aromatic rings. The van der Waals surface area contributed by atoms with Gasteiger partial charge in [-0.3, -0.25) is 4.79 Å². The van der Waals surface area contributed by atoms with E-state index in [4.69, 9.17) is 4.74 Å². The second-order valence-corrected chi connectivity index (χ2v) is 5.73. The predicted molar refractivity (Wildman–Crippen MR) is 93.5 cm³/mol. The smallest absolute Gasteiger partial charge is 0.277 e. The lowest BCUT2D eigenvalue weighted by Crippen LogP contribution is -2.36. The van der Waals surface area contributed by atoms with Gasteiger partial charge in [0, 0.05) is 38.7 Å². The summed E-state index contributed by atoms with van der Waals surface area (Å²) in [5, 5.41) is 3.12. The Morgan fingerprint density at radius 3 is 3.08 bits per heavy atom. The van der Waals surface area contributed by atoms with Crippen molar-refractivity contribution in [2.24, 2.45) is 0 Å². The van der Waals surface area contributed by atoms with Gasteiger partial charge in [0.25, 0.3) is 5.91 Å². The highest BCUT2D eigenvalue weighted by Gasteiger charge is 2.24. The molecule has 1 aliphatic heterocycles. The van der Waals surface area contributed by atoms with E-state index in [9.17, 15) is 4.79 Å². The molecule has 1 aromatic heterocycles. The van der Waals surface area contributed by atoms with Gasteiger partial charge in [-0.1, -0.05) is 18.2 Å². The third-order valence-electron chi connectivity index (χ3n) is 4.04. The Labute approximate surface area is 141 Å². The lowest BCUT2D eigenvalue weighted by Gasteiger charge is -2.29. The van der Waals surface area contributed by atoms with Gasteiger partial charge in [0.15, 0.2) is 0 Å². The summed E-state index contributed by atoms with van der Waals surface area (Å²) in [6, 6.07) is 9.72. The molecule has 1 aliphatic rings. The Kier molecular flexibility index (Phi) is 5.38. The molecule has 2 heterocycles. The molecule has 0 spiro atoms. The fraction of sp³-hybridized carbons (Fsp3) is 0.389. The van der Waals surface area contributed by atoms with Gasteiger partial charge in [-0.2, -0.15) is 0 Å². The van der Waals surface area contributed by atoms with E-state index < -0.39 is 0 Å². The van der Waals surface area contributed by atoms with Crippen molar-refractivity contribution in [3.8, 4) is 0 Å². The normalized spacial score (nSPS) is 13.5. The van der Waals surface area contributed by atoms with Crippen molar-refractivity contribution in [2.45, 2.75) is 19.3 Å². The van der Waals surface area contributed by atoms with Gasteiger partial charge in [0.05, 0.1) is 0 Å². The molecule has 3 rings (SSSR count). The van der Waals surface area contributed by atoms with Gasteiger partial charge in [-0.15, -0.1) is 0 Å². The molecule has 0 atom stereocenters. The molecule has 126 valence electrons. The number of carbonyl (C=O) groups is 1. The molecule has 24 heavy (non-hydrogen) atoms. The van der Waals surface area contributed by atoms with Crippen LogP contribution < -0.4 is 10.2 Å². The maximum atomic E-state index is 12.9. The Bertz CT molecular complexity index is 705. The van der Waals surface area contributed by atoms with Crippen molar-refractivity contribution in [2.75, 3.05) is 37.0 Å². The fourth-order valence-corrected chi connectivity index (χ4v) is 2.86. The van der Waals surface area contributed by atoms with E-state index in [1.807, 2.05) is 23.1 Å². The zero-order valence-electron chi connectivity index (χ0n) is 13.9. The first kappa shape index (κ1) is 16.4.